The molecule has 3 aliphatic carbocycles. The number of hydrazone groups is 1. The minimum Gasteiger partial charge on any atom is -0.272 e. The molecule has 118 valence electrons. The van der Waals surface area contributed by atoms with Crippen molar-refractivity contribution in [2.24, 2.45) is 28.8 Å². The molecule has 2 bridgehead atoms. The van der Waals surface area contributed by atoms with Crippen LogP contribution in [0.4, 0.5) is 0 Å². The van der Waals surface area contributed by atoms with Gasteiger partial charge in [-0.1, -0.05) is 41.4 Å². The quantitative estimate of drug-likeness (QED) is 0.466. The first-order valence-corrected chi connectivity index (χ1v) is 8.37. The van der Waals surface area contributed by atoms with Crippen molar-refractivity contribution in [3.05, 3.63) is 46.0 Å². The van der Waals surface area contributed by atoms with E-state index in [1.807, 2.05) is 0 Å². The number of nitrogens with zero attached hydrogens (tertiary/aromatic N) is 2. The number of imide groups is 1. The summed E-state index contributed by atoms with van der Waals surface area (Å²) in [5, 5.41) is 6.10. The minimum absolute atomic E-state index is 0.167. The molecular weight excluding hydrogens is 335 g/mol. The highest BCUT2D eigenvalue weighted by Gasteiger charge is 2.56. The lowest BCUT2D eigenvalue weighted by Crippen LogP contribution is -2.38. The maximum Gasteiger partial charge on any atom is 0.254 e. The lowest BCUT2D eigenvalue weighted by atomic mass is 9.63. The molecule has 1 aromatic rings. The lowest BCUT2D eigenvalue weighted by Gasteiger charge is -2.37. The van der Waals surface area contributed by atoms with E-state index in [1.165, 1.54) is 6.21 Å². The maximum absolute atomic E-state index is 12.6. The highest BCUT2D eigenvalue weighted by atomic mass is 35.5. The first-order chi connectivity index (χ1) is 11.1. The zero-order chi connectivity index (χ0) is 16.1. The summed E-state index contributed by atoms with van der Waals surface area (Å²) in [7, 11) is 0. The van der Waals surface area contributed by atoms with Crippen molar-refractivity contribution < 1.29 is 9.59 Å². The monoisotopic (exact) mass is 348 g/mol. The van der Waals surface area contributed by atoms with Crippen molar-refractivity contribution in [1.82, 2.24) is 5.01 Å². The van der Waals surface area contributed by atoms with E-state index < -0.39 is 0 Å². The topological polar surface area (TPSA) is 49.7 Å². The Morgan fingerprint density at radius 2 is 1.65 bits per heavy atom. The summed E-state index contributed by atoms with van der Waals surface area (Å²) >= 11 is 11.9. The summed E-state index contributed by atoms with van der Waals surface area (Å²) in [5.41, 5.74) is 0.618. The third kappa shape index (κ3) is 2.32. The molecule has 1 aromatic carbocycles. The first kappa shape index (κ1) is 14.9. The van der Waals surface area contributed by atoms with Gasteiger partial charge in [-0.05, 0) is 36.8 Å². The Hall–Kier alpha value is -1.65. The summed E-state index contributed by atoms with van der Waals surface area (Å²) in [5.74, 6) is -0.546. The highest BCUT2D eigenvalue weighted by molar-refractivity contribution is 6.36. The summed E-state index contributed by atoms with van der Waals surface area (Å²) in [6.45, 7) is 0. The number of amides is 2. The van der Waals surface area contributed by atoms with Crippen LogP contribution in [0.25, 0.3) is 0 Å². The van der Waals surface area contributed by atoms with E-state index in [2.05, 4.69) is 17.3 Å². The normalized spacial score (nSPS) is 32.2. The summed E-state index contributed by atoms with van der Waals surface area (Å²) in [6.07, 6.45) is 7.57. The van der Waals surface area contributed by atoms with E-state index in [-0.39, 0.29) is 35.5 Å². The van der Waals surface area contributed by atoms with Crippen LogP contribution >= 0.6 is 23.2 Å². The molecule has 0 unspecified atom stereocenters. The van der Waals surface area contributed by atoms with Crippen molar-refractivity contribution in [2.75, 3.05) is 0 Å². The van der Waals surface area contributed by atoms with Crippen LogP contribution in [0.2, 0.25) is 10.0 Å². The number of fused-ring (bicyclic) bond motifs is 1. The third-order valence-electron chi connectivity index (χ3n) is 5.01. The Labute approximate surface area is 143 Å². The van der Waals surface area contributed by atoms with Crippen LogP contribution in [-0.2, 0) is 9.59 Å². The second-order valence-electron chi connectivity index (χ2n) is 6.24. The van der Waals surface area contributed by atoms with Gasteiger partial charge in [-0.2, -0.15) is 10.1 Å². The van der Waals surface area contributed by atoms with Gasteiger partial charge in [0.25, 0.3) is 11.8 Å². The molecule has 4 aliphatic rings. The van der Waals surface area contributed by atoms with Crippen molar-refractivity contribution in [3.63, 3.8) is 0 Å². The summed E-state index contributed by atoms with van der Waals surface area (Å²) < 4.78 is 0. The van der Waals surface area contributed by atoms with E-state index in [0.29, 0.717) is 15.6 Å². The average molecular weight is 349 g/mol. The smallest absolute Gasteiger partial charge is 0.254 e. The molecular formula is C17H14Cl2N2O2. The summed E-state index contributed by atoms with van der Waals surface area (Å²) in [4.78, 5) is 25.2. The predicted octanol–water partition coefficient (Wildman–Crippen LogP) is 3.52. The van der Waals surface area contributed by atoms with Gasteiger partial charge in [-0.25, -0.2) is 0 Å². The van der Waals surface area contributed by atoms with E-state index in [0.717, 1.165) is 17.9 Å². The molecule has 1 saturated heterocycles. The molecule has 1 aliphatic heterocycles. The molecule has 2 amide bonds. The van der Waals surface area contributed by atoms with Gasteiger partial charge in [0, 0.05) is 10.6 Å². The van der Waals surface area contributed by atoms with Gasteiger partial charge >= 0.3 is 0 Å². The SMILES string of the molecule is O=C1[C@@H]2[C@H](C(=O)N1/N=C\c1ccc(Cl)cc1Cl)[C@H]1C=C[C@H]2CC1. The molecule has 23 heavy (non-hydrogen) atoms. The van der Waals surface area contributed by atoms with E-state index in [4.69, 9.17) is 23.2 Å². The van der Waals surface area contributed by atoms with Crippen LogP contribution in [0, 0.1) is 23.7 Å². The molecule has 4 atom stereocenters. The zero-order valence-electron chi connectivity index (χ0n) is 12.2. The van der Waals surface area contributed by atoms with Crippen LogP contribution in [-0.4, -0.2) is 23.0 Å². The van der Waals surface area contributed by atoms with Gasteiger partial charge in [0.05, 0.1) is 23.1 Å². The van der Waals surface area contributed by atoms with Crippen molar-refractivity contribution >= 4 is 41.2 Å². The fourth-order valence-electron chi connectivity index (χ4n) is 3.90. The van der Waals surface area contributed by atoms with Gasteiger partial charge in [0.1, 0.15) is 0 Å². The first-order valence-electron chi connectivity index (χ1n) is 7.61. The van der Waals surface area contributed by atoms with Crippen molar-refractivity contribution in [1.29, 1.82) is 0 Å². The Bertz CT molecular complexity index is 727. The maximum atomic E-state index is 12.6. The zero-order valence-corrected chi connectivity index (χ0v) is 13.7. The Kier molecular flexibility index (Phi) is 3.54. The molecule has 4 nitrogen and oxygen atoms in total. The van der Waals surface area contributed by atoms with Crippen LogP contribution in [0.3, 0.4) is 0 Å². The molecule has 1 heterocycles. The van der Waals surface area contributed by atoms with Crippen LogP contribution < -0.4 is 0 Å². The van der Waals surface area contributed by atoms with Gasteiger partial charge in [-0.15, -0.1) is 0 Å². The van der Waals surface area contributed by atoms with Gasteiger partial charge in [0.15, 0.2) is 0 Å². The number of carbonyl (C=O) groups excluding carboxylic acids is 2. The number of halogens is 2. The van der Waals surface area contributed by atoms with E-state index in [1.54, 1.807) is 18.2 Å². The molecule has 0 aromatic heterocycles. The molecule has 5 rings (SSSR count). The largest absolute Gasteiger partial charge is 0.272 e. The second-order valence-corrected chi connectivity index (χ2v) is 7.08. The third-order valence-corrected chi connectivity index (χ3v) is 5.57. The van der Waals surface area contributed by atoms with Crippen molar-refractivity contribution in [2.45, 2.75) is 12.8 Å². The molecule has 0 radical (unpaired) electrons. The number of allylic oxidation sites excluding steroid dienone is 2. The Morgan fingerprint density at radius 1 is 1.04 bits per heavy atom. The predicted molar refractivity (Wildman–Crippen MR) is 88.2 cm³/mol. The second kappa shape index (κ2) is 5.46. The standard InChI is InChI=1S/C17H14Cl2N2O2/c18-12-6-5-11(13(19)7-12)8-20-21-16(22)14-9-1-2-10(4-3-9)15(14)17(21)23/h1-2,5-10,14-15H,3-4H2/b20-8-/t9-,10-,14-,15+/m0/s1. The average Bonchev–Trinajstić information content (AvgIpc) is 2.82. The van der Waals surface area contributed by atoms with Crippen LogP contribution in [0.1, 0.15) is 18.4 Å². The van der Waals surface area contributed by atoms with Gasteiger partial charge in [0.2, 0.25) is 0 Å². The fourth-order valence-corrected chi connectivity index (χ4v) is 4.36. The molecule has 1 saturated carbocycles. The molecule has 0 spiro atoms. The lowest BCUT2D eigenvalue weighted by molar-refractivity contribution is -0.140. The molecule has 6 heteroatoms. The Balaban J connectivity index is 1.62. The fraction of sp³-hybridized carbons (Fsp3) is 0.353. The summed E-state index contributed by atoms with van der Waals surface area (Å²) in [6, 6.07) is 4.99. The molecule has 0 N–H and O–H groups in total. The Morgan fingerprint density at radius 3 is 2.17 bits per heavy atom. The van der Waals surface area contributed by atoms with Gasteiger partial charge in [-0.3, -0.25) is 9.59 Å². The number of benzene rings is 1. The van der Waals surface area contributed by atoms with Crippen molar-refractivity contribution in [3.8, 4) is 0 Å². The minimum atomic E-state index is -0.246. The van der Waals surface area contributed by atoms with Gasteiger partial charge < -0.3 is 0 Å². The van der Waals surface area contributed by atoms with E-state index >= 15 is 0 Å². The highest BCUT2D eigenvalue weighted by Crippen LogP contribution is 2.49. The number of hydrogen-bond acceptors (Lipinski definition) is 3. The number of carbonyl (C=O) groups is 2. The van der Waals surface area contributed by atoms with E-state index in [9.17, 15) is 9.59 Å². The van der Waals surface area contributed by atoms with Crippen LogP contribution in [0.5, 0.6) is 0 Å². The number of rotatable bonds is 2. The number of hydrogen-bond donors (Lipinski definition) is 0. The van der Waals surface area contributed by atoms with Crippen LogP contribution in [0.15, 0.2) is 35.5 Å². The molecule has 2 fully saturated rings.